The summed E-state index contributed by atoms with van der Waals surface area (Å²) < 4.78 is 50.4. The molecule has 0 spiro atoms. The van der Waals surface area contributed by atoms with Crippen LogP contribution in [-0.4, -0.2) is 52.4 Å². The molecule has 10 heteroatoms. The number of carbonyl (C=O) groups excluding carboxylic acids is 1. The van der Waals surface area contributed by atoms with Crippen LogP contribution in [0.4, 0.5) is 18.9 Å². The number of rotatable bonds is 4. The molecule has 0 saturated carbocycles. The van der Waals surface area contributed by atoms with Crippen molar-refractivity contribution in [2.75, 3.05) is 37.3 Å². The van der Waals surface area contributed by atoms with Crippen LogP contribution in [0.25, 0.3) is 10.6 Å². The van der Waals surface area contributed by atoms with Gasteiger partial charge in [-0.1, -0.05) is 0 Å². The monoisotopic (exact) mass is 479 g/mol. The summed E-state index contributed by atoms with van der Waals surface area (Å²) in [7, 11) is -1.23. The first-order valence-corrected chi connectivity index (χ1v) is 12.3. The van der Waals surface area contributed by atoms with E-state index in [4.69, 9.17) is 0 Å². The van der Waals surface area contributed by atoms with Gasteiger partial charge < -0.3 is 9.80 Å². The standard InChI is InChI=1S/C22H20F3N3O2S2/c1-32(30)17-6-7-18(20-26-8-13-31-20)19(14-17)21(29)28-11-9-27(10-12-28)16-4-2-15(3-5-16)22(23,24)25/h2-8,13-14H,9-12H2,1H3. The van der Waals surface area contributed by atoms with E-state index in [0.29, 0.717) is 52.9 Å². The van der Waals surface area contributed by atoms with Gasteiger partial charge in [0.05, 0.1) is 11.1 Å². The van der Waals surface area contributed by atoms with Gasteiger partial charge in [0.2, 0.25) is 0 Å². The molecule has 5 nitrogen and oxygen atoms in total. The summed E-state index contributed by atoms with van der Waals surface area (Å²) in [6.07, 6.45) is -1.13. The number of aromatic nitrogens is 1. The Hall–Kier alpha value is -2.72. The zero-order valence-electron chi connectivity index (χ0n) is 17.1. The lowest BCUT2D eigenvalue weighted by Gasteiger charge is -2.36. The molecule has 1 atom stereocenters. The number of amides is 1. The highest BCUT2D eigenvalue weighted by atomic mass is 32.2. The van der Waals surface area contributed by atoms with E-state index in [1.54, 1.807) is 35.6 Å². The molecule has 1 aliphatic heterocycles. The normalized spacial score (nSPS) is 15.6. The van der Waals surface area contributed by atoms with Crippen LogP contribution in [-0.2, 0) is 17.0 Å². The van der Waals surface area contributed by atoms with Gasteiger partial charge in [0.1, 0.15) is 5.01 Å². The Bertz CT molecular complexity index is 1120. The van der Waals surface area contributed by atoms with Crippen molar-refractivity contribution in [3.05, 3.63) is 65.2 Å². The van der Waals surface area contributed by atoms with E-state index in [0.717, 1.165) is 12.1 Å². The van der Waals surface area contributed by atoms with Gasteiger partial charge in [0, 0.05) is 71.0 Å². The number of nitrogens with zero attached hydrogens (tertiary/aromatic N) is 3. The molecule has 0 radical (unpaired) electrons. The van der Waals surface area contributed by atoms with Gasteiger partial charge in [0.25, 0.3) is 5.91 Å². The van der Waals surface area contributed by atoms with E-state index < -0.39 is 22.5 Å². The summed E-state index contributed by atoms with van der Waals surface area (Å²) in [5.74, 6) is -0.172. The molecule has 32 heavy (non-hydrogen) atoms. The Kier molecular flexibility index (Phi) is 6.34. The third-order valence-corrected chi connectivity index (χ3v) is 7.07. The quantitative estimate of drug-likeness (QED) is 0.552. The number of carbonyl (C=O) groups is 1. The number of benzene rings is 2. The van der Waals surface area contributed by atoms with Crippen molar-refractivity contribution in [3.63, 3.8) is 0 Å². The molecule has 1 aliphatic rings. The Morgan fingerprint density at radius 1 is 1.06 bits per heavy atom. The predicted octanol–water partition coefficient (Wildman–Crippen LogP) is 4.53. The van der Waals surface area contributed by atoms with Crippen LogP contribution in [0.15, 0.2) is 58.9 Å². The number of anilines is 1. The van der Waals surface area contributed by atoms with Gasteiger partial charge in [0.15, 0.2) is 0 Å². The minimum absolute atomic E-state index is 0.172. The fraction of sp³-hybridized carbons (Fsp3) is 0.273. The van der Waals surface area contributed by atoms with E-state index in [2.05, 4.69) is 4.98 Å². The average Bonchev–Trinajstić information content (AvgIpc) is 3.32. The van der Waals surface area contributed by atoms with Crippen molar-refractivity contribution in [1.29, 1.82) is 0 Å². The van der Waals surface area contributed by atoms with Crippen LogP contribution in [0, 0.1) is 0 Å². The second kappa shape index (κ2) is 9.03. The molecule has 3 aromatic rings. The van der Waals surface area contributed by atoms with E-state index in [9.17, 15) is 22.2 Å². The molecule has 4 rings (SSSR count). The number of thiazole rings is 1. The topological polar surface area (TPSA) is 53.5 Å². The predicted molar refractivity (Wildman–Crippen MR) is 119 cm³/mol. The Balaban J connectivity index is 1.51. The molecule has 0 N–H and O–H groups in total. The molecule has 1 amide bonds. The van der Waals surface area contributed by atoms with Crippen LogP contribution < -0.4 is 4.90 Å². The molecule has 1 aromatic heterocycles. The van der Waals surface area contributed by atoms with Crippen molar-refractivity contribution in [2.24, 2.45) is 0 Å². The van der Waals surface area contributed by atoms with Crippen LogP contribution in [0.5, 0.6) is 0 Å². The van der Waals surface area contributed by atoms with Crippen molar-refractivity contribution in [3.8, 4) is 10.6 Å². The van der Waals surface area contributed by atoms with Crippen LogP contribution in [0.3, 0.4) is 0 Å². The lowest BCUT2D eigenvalue weighted by molar-refractivity contribution is -0.137. The zero-order chi connectivity index (χ0) is 22.9. The molecule has 1 unspecified atom stereocenters. The zero-order valence-corrected chi connectivity index (χ0v) is 18.8. The van der Waals surface area contributed by atoms with Crippen molar-refractivity contribution in [1.82, 2.24) is 9.88 Å². The number of alkyl halides is 3. The number of halogens is 3. The fourth-order valence-corrected chi connectivity index (χ4v) is 4.84. The third-order valence-electron chi connectivity index (χ3n) is 5.34. The summed E-state index contributed by atoms with van der Waals surface area (Å²) in [4.78, 5) is 21.9. The van der Waals surface area contributed by atoms with Crippen LogP contribution >= 0.6 is 11.3 Å². The highest BCUT2D eigenvalue weighted by molar-refractivity contribution is 7.84. The first-order chi connectivity index (χ1) is 15.2. The Morgan fingerprint density at radius 3 is 2.31 bits per heavy atom. The molecule has 1 saturated heterocycles. The molecule has 168 valence electrons. The third kappa shape index (κ3) is 4.71. The maximum Gasteiger partial charge on any atom is 0.416 e. The summed E-state index contributed by atoms with van der Waals surface area (Å²) in [5, 5.41) is 2.54. The van der Waals surface area contributed by atoms with Gasteiger partial charge in [-0.2, -0.15) is 13.2 Å². The second-order valence-corrected chi connectivity index (χ2v) is 9.60. The van der Waals surface area contributed by atoms with E-state index in [1.807, 2.05) is 10.3 Å². The summed E-state index contributed by atoms with van der Waals surface area (Å²) in [5.41, 5.74) is 1.16. The lowest BCUT2D eigenvalue weighted by Crippen LogP contribution is -2.48. The molecular formula is C22H20F3N3O2S2. The highest BCUT2D eigenvalue weighted by Crippen LogP contribution is 2.31. The minimum atomic E-state index is -4.37. The molecule has 2 aromatic carbocycles. The molecule has 1 fully saturated rings. The van der Waals surface area contributed by atoms with Crippen molar-refractivity contribution >= 4 is 33.7 Å². The maximum atomic E-state index is 13.3. The minimum Gasteiger partial charge on any atom is -0.368 e. The summed E-state index contributed by atoms with van der Waals surface area (Å²) in [6, 6.07) is 10.2. The van der Waals surface area contributed by atoms with E-state index in [-0.39, 0.29) is 5.91 Å². The summed E-state index contributed by atoms with van der Waals surface area (Å²) >= 11 is 1.42. The SMILES string of the molecule is CS(=O)c1ccc(-c2nccs2)c(C(=O)N2CCN(c3ccc(C(F)(F)F)cc3)CC2)c1. The van der Waals surface area contributed by atoms with Crippen molar-refractivity contribution in [2.45, 2.75) is 11.1 Å². The van der Waals surface area contributed by atoms with Crippen LogP contribution in [0.1, 0.15) is 15.9 Å². The highest BCUT2D eigenvalue weighted by Gasteiger charge is 2.31. The average molecular weight is 480 g/mol. The van der Waals surface area contributed by atoms with Crippen LogP contribution in [0.2, 0.25) is 0 Å². The van der Waals surface area contributed by atoms with E-state index in [1.165, 1.54) is 23.5 Å². The molecular weight excluding hydrogens is 459 g/mol. The van der Waals surface area contributed by atoms with Gasteiger partial charge in [-0.25, -0.2) is 4.98 Å². The summed E-state index contributed by atoms with van der Waals surface area (Å²) in [6.45, 7) is 1.86. The molecule has 2 heterocycles. The molecule has 0 bridgehead atoms. The van der Waals surface area contributed by atoms with Gasteiger partial charge >= 0.3 is 6.18 Å². The smallest absolute Gasteiger partial charge is 0.368 e. The van der Waals surface area contributed by atoms with Gasteiger partial charge in [-0.3, -0.25) is 9.00 Å². The Morgan fingerprint density at radius 2 is 1.75 bits per heavy atom. The lowest BCUT2D eigenvalue weighted by atomic mass is 10.1. The number of hydrogen-bond acceptors (Lipinski definition) is 5. The Labute approximate surface area is 190 Å². The number of piperazine rings is 1. The van der Waals surface area contributed by atoms with E-state index >= 15 is 0 Å². The largest absolute Gasteiger partial charge is 0.416 e. The fourth-order valence-electron chi connectivity index (χ4n) is 3.62. The first-order valence-electron chi connectivity index (χ1n) is 9.83. The number of hydrogen-bond donors (Lipinski definition) is 0. The van der Waals surface area contributed by atoms with Gasteiger partial charge in [-0.05, 0) is 42.5 Å². The molecule has 0 aliphatic carbocycles. The van der Waals surface area contributed by atoms with Crippen molar-refractivity contribution < 1.29 is 22.2 Å². The van der Waals surface area contributed by atoms with Gasteiger partial charge in [-0.15, -0.1) is 11.3 Å². The first kappa shape index (κ1) is 22.5. The second-order valence-electron chi connectivity index (χ2n) is 7.32. The maximum absolute atomic E-state index is 13.3.